The van der Waals surface area contributed by atoms with Crippen molar-refractivity contribution in [3.8, 4) is 5.75 Å². The number of aryl methyl sites for hydroxylation is 2. The number of hydrogen-bond acceptors (Lipinski definition) is 3. The normalized spacial score (nSPS) is 12.7. The van der Waals surface area contributed by atoms with Crippen molar-refractivity contribution in [2.75, 3.05) is 13.2 Å². The second-order valence-corrected chi connectivity index (χ2v) is 6.19. The van der Waals surface area contributed by atoms with Gasteiger partial charge in [0.2, 0.25) is 0 Å². The first kappa shape index (κ1) is 18.0. The predicted molar refractivity (Wildman–Crippen MR) is 89.2 cm³/mol. The number of ether oxygens (including phenoxy) is 1. The summed E-state index contributed by atoms with van der Waals surface area (Å²) in [7, 11) is 0. The summed E-state index contributed by atoms with van der Waals surface area (Å²) in [5.74, 6) is 0.935. The van der Waals surface area contributed by atoms with Gasteiger partial charge in [-0.3, -0.25) is 0 Å². The fourth-order valence-electron chi connectivity index (χ4n) is 2.38. The van der Waals surface area contributed by atoms with E-state index in [2.05, 4.69) is 52.1 Å². The Morgan fingerprint density at radius 3 is 2.57 bits per heavy atom. The molecule has 0 unspecified atom stereocenters. The van der Waals surface area contributed by atoms with Crippen molar-refractivity contribution >= 4 is 0 Å². The Morgan fingerprint density at radius 2 is 1.95 bits per heavy atom. The SMILES string of the molecule is CCCCc1c(C)cc(C)cc1OC[C@@H](O)CNC(C)C. The zero-order chi connectivity index (χ0) is 15.8. The van der Waals surface area contributed by atoms with Crippen LogP contribution in [-0.2, 0) is 6.42 Å². The van der Waals surface area contributed by atoms with E-state index >= 15 is 0 Å². The standard InChI is InChI=1S/C18H31NO2/c1-6-7-8-17-15(5)9-14(4)10-18(17)21-12-16(20)11-19-13(2)3/h9-10,13,16,19-20H,6-8,11-12H2,1-5H3/t16-/m0/s1. The third kappa shape index (κ3) is 6.49. The quantitative estimate of drug-likeness (QED) is 0.733. The minimum absolute atomic E-state index is 0.335. The van der Waals surface area contributed by atoms with E-state index in [1.54, 1.807) is 0 Å². The van der Waals surface area contributed by atoms with Crippen molar-refractivity contribution in [3.05, 3.63) is 28.8 Å². The smallest absolute Gasteiger partial charge is 0.123 e. The summed E-state index contributed by atoms with van der Waals surface area (Å²) in [5.41, 5.74) is 3.78. The predicted octanol–water partition coefficient (Wildman–Crippen LogP) is 3.38. The van der Waals surface area contributed by atoms with Gasteiger partial charge in [0.15, 0.2) is 0 Å². The van der Waals surface area contributed by atoms with Crippen LogP contribution in [0.25, 0.3) is 0 Å². The van der Waals surface area contributed by atoms with Crippen LogP contribution in [0.2, 0.25) is 0 Å². The van der Waals surface area contributed by atoms with Crippen molar-refractivity contribution in [3.63, 3.8) is 0 Å². The highest BCUT2D eigenvalue weighted by Gasteiger charge is 2.11. The molecule has 0 spiro atoms. The van der Waals surface area contributed by atoms with E-state index in [1.165, 1.54) is 23.1 Å². The van der Waals surface area contributed by atoms with E-state index in [-0.39, 0.29) is 0 Å². The highest BCUT2D eigenvalue weighted by molar-refractivity contribution is 5.43. The number of rotatable bonds is 9. The Kier molecular flexibility index (Phi) is 7.76. The van der Waals surface area contributed by atoms with Gasteiger partial charge in [0.05, 0.1) is 0 Å². The second kappa shape index (κ2) is 9.06. The van der Waals surface area contributed by atoms with Gasteiger partial charge in [0.1, 0.15) is 18.5 Å². The molecule has 1 rings (SSSR count). The molecule has 120 valence electrons. The number of aliphatic hydroxyl groups is 1. The van der Waals surface area contributed by atoms with Gasteiger partial charge in [0, 0.05) is 12.6 Å². The zero-order valence-electron chi connectivity index (χ0n) is 14.2. The van der Waals surface area contributed by atoms with Crippen molar-refractivity contribution in [2.24, 2.45) is 0 Å². The number of unbranched alkanes of at least 4 members (excludes halogenated alkanes) is 1. The summed E-state index contributed by atoms with van der Waals surface area (Å²) < 4.78 is 5.90. The Balaban J connectivity index is 2.67. The maximum Gasteiger partial charge on any atom is 0.123 e. The monoisotopic (exact) mass is 293 g/mol. The first-order valence-electron chi connectivity index (χ1n) is 8.08. The summed E-state index contributed by atoms with van der Waals surface area (Å²) in [4.78, 5) is 0. The van der Waals surface area contributed by atoms with E-state index in [0.29, 0.717) is 19.2 Å². The third-order valence-corrected chi connectivity index (χ3v) is 3.55. The molecular weight excluding hydrogens is 262 g/mol. The lowest BCUT2D eigenvalue weighted by Gasteiger charge is -2.18. The average molecular weight is 293 g/mol. The van der Waals surface area contributed by atoms with Gasteiger partial charge >= 0.3 is 0 Å². The third-order valence-electron chi connectivity index (χ3n) is 3.55. The van der Waals surface area contributed by atoms with Crippen molar-refractivity contribution in [1.82, 2.24) is 5.32 Å². The molecule has 0 bridgehead atoms. The van der Waals surface area contributed by atoms with Crippen molar-refractivity contribution < 1.29 is 9.84 Å². The van der Waals surface area contributed by atoms with Gasteiger partial charge < -0.3 is 15.2 Å². The highest BCUT2D eigenvalue weighted by Crippen LogP contribution is 2.26. The van der Waals surface area contributed by atoms with Crippen LogP contribution in [0, 0.1) is 13.8 Å². The molecule has 0 amide bonds. The first-order chi connectivity index (χ1) is 9.93. The number of benzene rings is 1. The van der Waals surface area contributed by atoms with Crippen LogP contribution >= 0.6 is 0 Å². The van der Waals surface area contributed by atoms with E-state index in [9.17, 15) is 5.11 Å². The van der Waals surface area contributed by atoms with Gasteiger partial charge in [-0.2, -0.15) is 0 Å². The van der Waals surface area contributed by atoms with Crippen LogP contribution in [0.15, 0.2) is 12.1 Å². The lowest BCUT2D eigenvalue weighted by Crippen LogP contribution is -2.35. The maximum absolute atomic E-state index is 9.98. The van der Waals surface area contributed by atoms with Crippen LogP contribution in [0.5, 0.6) is 5.75 Å². The molecule has 1 aromatic carbocycles. The molecule has 1 aromatic rings. The summed E-state index contributed by atoms with van der Waals surface area (Å²) in [6, 6.07) is 4.66. The summed E-state index contributed by atoms with van der Waals surface area (Å²) in [5, 5.41) is 13.2. The molecule has 0 aromatic heterocycles. The number of nitrogens with one attached hydrogen (secondary N) is 1. The molecule has 0 aliphatic carbocycles. The molecular formula is C18H31NO2. The molecule has 3 nitrogen and oxygen atoms in total. The maximum atomic E-state index is 9.98. The molecule has 0 saturated carbocycles. The van der Waals surface area contributed by atoms with Crippen LogP contribution in [0.3, 0.4) is 0 Å². The van der Waals surface area contributed by atoms with Crippen molar-refractivity contribution in [1.29, 1.82) is 0 Å². The summed E-state index contributed by atoms with van der Waals surface area (Å²) in [6.45, 7) is 11.5. The van der Waals surface area contributed by atoms with Gasteiger partial charge in [-0.05, 0) is 49.4 Å². The molecule has 3 heteroatoms. The van der Waals surface area contributed by atoms with Gasteiger partial charge in [0.25, 0.3) is 0 Å². The molecule has 1 atom stereocenters. The molecule has 0 aliphatic rings. The molecule has 0 radical (unpaired) electrons. The lowest BCUT2D eigenvalue weighted by atomic mass is 9.99. The van der Waals surface area contributed by atoms with E-state index in [0.717, 1.165) is 18.6 Å². The minimum atomic E-state index is -0.479. The zero-order valence-corrected chi connectivity index (χ0v) is 14.2. The minimum Gasteiger partial charge on any atom is -0.491 e. The Hall–Kier alpha value is -1.06. The van der Waals surface area contributed by atoms with E-state index in [4.69, 9.17) is 4.74 Å². The molecule has 0 fully saturated rings. The first-order valence-corrected chi connectivity index (χ1v) is 8.08. The van der Waals surface area contributed by atoms with Crippen LogP contribution in [0.4, 0.5) is 0 Å². The molecule has 2 N–H and O–H groups in total. The molecule has 21 heavy (non-hydrogen) atoms. The molecule has 0 aliphatic heterocycles. The van der Waals surface area contributed by atoms with Crippen LogP contribution in [0.1, 0.15) is 50.3 Å². The largest absolute Gasteiger partial charge is 0.491 e. The fourth-order valence-corrected chi connectivity index (χ4v) is 2.38. The highest BCUT2D eigenvalue weighted by atomic mass is 16.5. The van der Waals surface area contributed by atoms with E-state index < -0.39 is 6.10 Å². The molecule has 0 saturated heterocycles. The van der Waals surface area contributed by atoms with Gasteiger partial charge in [-0.15, -0.1) is 0 Å². The average Bonchev–Trinajstić information content (AvgIpc) is 2.41. The van der Waals surface area contributed by atoms with Crippen molar-refractivity contribution in [2.45, 2.75) is 66.0 Å². The van der Waals surface area contributed by atoms with Gasteiger partial charge in [-0.1, -0.05) is 33.3 Å². The number of aliphatic hydroxyl groups excluding tert-OH is 1. The second-order valence-electron chi connectivity index (χ2n) is 6.19. The van der Waals surface area contributed by atoms with E-state index in [1.807, 2.05) is 0 Å². The topological polar surface area (TPSA) is 41.5 Å². The summed E-state index contributed by atoms with van der Waals surface area (Å²) >= 11 is 0. The molecule has 0 heterocycles. The van der Waals surface area contributed by atoms with Crippen LogP contribution in [-0.4, -0.2) is 30.4 Å². The lowest BCUT2D eigenvalue weighted by molar-refractivity contribution is 0.104. The van der Waals surface area contributed by atoms with Crippen LogP contribution < -0.4 is 10.1 Å². The fraction of sp³-hybridized carbons (Fsp3) is 0.667. The number of hydrogen-bond donors (Lipinski definition) is 2. The van der Waals surface area contributed by atoms with Gasteiger partial charge in [-0.25, -0.2) is 0 Å². The Morgan fingerprint density at radius 1 is 1.24 bits per heavy atom. The Labute approximate surface area is 129 Å². The Bertz CT molecular complexity index is 429. The summed E-state index contributed by atoms with van der Waals surface area (Å²) in [6.07, 6.45) is 2.90.